The van der Waals surface area contributed by atoms with Gasteiger partial charge in [0.1, 0.15) is 5.01 Å². The number of nitrogens with zero attached hydrogens (tertiary/aromatic N) is 1. The molecule has 1 atom stereocenters. The molecule has 5 nitrogen and oxygen atoms in total. The number of ether oxygens (including phenoxy) is 2. The lowest BCUT2D eigenvalue weighted by atomic mass is 10.3. The van der Waals surface area contributed by atoms with Crippen LogP contribution < -0.4 is 5.32 Å². The van der Waals surface area contributed by atoms with Crippen molar-refractivity contribution in [2.75, 3.05) is 26.4 Å². The molecule has 1 aliphatic rings. The normalized spacial score (nSPS) is 19.7. The Hall–Kier alpha value is -0.690. The first kappa shape index (κ1) is 13.7. The number of hydrogen-bond donors (Lipinski definition) is 1. The highest BCUT2D eigenvalue weighted by Gasteiger charge is 2.15. The number of alkyl halides is 1. The molecule has 2 heterocycles. The monoisotopic (exact) mass is 290 g/mol. The summed E-state index contributed by atoms with van der Waals surface area (Å²) < 4.78 is 10.7. The quantitative estimate of drug-likeness (QED) is 0.821. The molecular formula is C11H15ClN2O3S. The van der Waals surface area contributed by atoms with E-state index in [2.05, 4.69) is 10.3 Å². The predicted octanol–water partition coefficient (Wildman–Crippen LogP) is 0.956. The number of rotatable bonds is 5. The molecule has 7 heteroatoms. The van der Waals surface area contributed by atoms with Crippen LogP contribution in [0.1, 0.15) is 10.7 Å². The zero-order valence-electron chi connectivity index (χ0n) is 9.86. The van der Waals surface area contributed by atoms with Crippen LogP contribution in [0.4, 0.5) is 0 Å². The first-order chi connectivity index (χ1) is 8.78. The van der Waals surface area contributed by atoms with Crippen molar-refractivity contribution in [1.82, 2.24) is 10.3 Å². The van der Waals surface area contributed by atoms with Crippen LogP contribution in [-0.2, 0) is 26.6 Å². The lowest BCUT2D eigenvalue weighted by molar-refractivity contribution is -0.123. The Morgan fingerprint density at radius 1 is 1.61 bits per heavy atom. The molecule has 1 aromatic heterocycles. The van der Waals surface area contributed by atoms with Crippen LogP contribution in [0.3, 0.4) is 0 Å². The van der Waals surface area contributed by atoms with E-state index in [1.165, 1.54) is 11.3 Å². The number of carbonyl (C=O) groups excluding carboxylic acids is 1. The second-order valence-electron chi connectivity index (χ2n) is 3.91. The van der Waals surface area contributed by atoms with Gasteiger partial charge in [0.15, 0.2) is 0 Å². The van der Waals surface area contributed by atoms with Gasteiger partial charge in [-0.25, -0.2) is 4.98 Å². The van der Waals surface area contributed by atoms with Crippen molar-refractivity contribution in [3.05, 3.63) is 16.1 Å². The standard InChI is InChI=1S/C11H15ClN2O3S/c12-4-8-7-18-11(14-8)3-10(15)13-5-9-6-16-1-2-17-9/h7,9H,1-6H2,(H,13,15). The van der Waals surface area contributed by atoms with Gasteiger partial charge in [0, 0.05) is 11.9 Å². The largest absolute Gasteiger partial charge is 0.376 e. The van der Waals surface area contributed by atoms with Crippen molar-refractivity contribution in [3.63, 3.8) is 0 Å². The summed E-state index contributed by atoms with van der Waals surface area (Å²) in [5, 5.41) is 5.47. The van der Waals surface area contributed by atoms with Gasteiger partial charge >= 0.3 is 0 Å². The molecule has 0 bridgehead atoms. The summed E-state index contributed by atoms with van der Waals surface area (Å²) in [7, 11) is 0. The van der Waals surface area contributed by atoms with E-state index in [1.807, 2.05) is 5.38 Å². The Morgan fingerprint density at radius 3 is 3.17 bits per heavy atom. The van der Waals surface area contributed by atoms with Gasteiger partial charge in [-0.05, 0) is 0 Å². The topological polar surface area (TPSA) is 60.5 Å². The molecule has 100 valence electrons. The first-order valence-corrected chi connectivity index (χ1v) is 7.14. The zero-order valence-corrected chi connectivity index (χ0v) is 11.4. The van der Waals surface area contributed by atoms with Crippen LogP contribution in [0.15, 0.2) is 5.38 Å². The molecule has 1 fully saturated rings. The molecule has 0 aliphatic carbocycles. The molecular weight excluding hydrogens is 276 g/mol. The van der Waals surface area contributed by atoms with Crippen LogP contribution in [0.5, 0.6) is 0 Å². The van der Waals surface area contributed by atoms with Crippen molar-refractivity contribution < 1.29 is 14.3 Å². The smallest absolute Gasteiger partial charge is 0.226 e. The lowest BCUT2D eigenvalue weighted by Gasteiger charge is -2.22. The second kappa shape index (κ2) is 7.04. The van der Waals surface area contributed by atoms with Crippen molar-refractivity contribution >= 4 is 28.8 Å². The lowest BCUT2D eigenvalue weighted by Crippen LogP contribution is -2.40. The molecule has 1 aliphatic heterocycles. The second-order valence-corrected chi connectivity index (χ2v) is 5.12. The van der Waals surface area contributed by atoms with Gasteiger partial charge in [0.05, 0.1) is 43.9 Å². The van der Waals surface area contributed by atoms with E-state index in [0.29, 0.717) is 32.2 Å². The minimum atomic E-state index is -0.0559. The third-order valence-corrected chi connectivity index (χ3v) is 3.63. The van der Waals surface area contributed by atoms with E-state index in [0.717, 1.165) is 10.7 Å². The van der Waals surface area contributed by atoms with E-state index >= 15 is 0 Å². The van der Waals surface area contributed by atoms with E-state index in [4.69, 9.17) is 21.1 Å². The molecule has 1 saturated heterocycles. The number of amides is 1. The van der Waals surface area contributed by atoms with Crippen molar-refractivity contribution in [2.24, 2.45) is 0 Å². The summed E-state index contributed by atoms with van der Waals surface area (Å²) in [4.78, 5) is 15.9. The SMILES string of the molecule is O=C(Cc1nc(CCl)cs1)NCC1COCCO1. The fourth-order valence-electron chi connectivity index (χ4n) is 1.57. The van der Waals surface area contributed by atoms with Gasteiger partial charge < -0.3 is 14.8 Å². The molecule has 2 rings (SSSR count). The minimum Gasteiger partial charge on any atom is -0.376 e. The molecule has 0 saturated carbocycles. The number of halogens is 1. The fourth-order valence-corrected chi connectivity index (χ4v) is 2.59. The van der Waals surface area contributed by atoms with Crippen LogP contribution in [0.25, 0.3) is 0 Å². The van der Waals surface area contributed by atoms with Gasteiger partial charge in [-0.1, -0.05) is 0 Å². The summed E-state index contributed by atoms with van der Waals surface area (Å²) in [6.07, 6.45) is 0.243. The molecule has 1 amide bonds. The third-order valence-electron chi connectivity index (χ3n) is 2.46. The van der Waals surface area contributed by atoms with Gasteiger partial charge in [-0.15, -0.1) is 22.9 Å². The van der Waals surface area contributed by atoms with Crippen molar-refractivity contribution in [1.29, 1.82) is 0 Å². The highest BCUT2D eigenvalue weighted by molar-refractivity contribution is 7.09. The molecule has 0 aromatic carbocycles. The molecule has 1 N–H and O–H groups in total. The highest BCUT2D eigenvalue weighted by Crippen LogP contribution is 2.12. The molecule has 0 radical (unpaired) electrons. The van der Waals surface area contributed by atoms with E-state index in [1.54, 1.807) is 0 Å². The van der Waals surface area contributed by atoms with Gasteiger partial charge in [-0.2, -0.15) is 0 Å². The van der Waals surface area contributed by atoms with Gasteiger partial charge in [0.25, 0.3) is 0 Å². The zero-order chi connectivity index (χ0) is 12.8. The average molecular weight is 291 g/mol. The number of nitrogens with one attached hydrogen (secondary N) is 1. The Morgan fingerprint density at radius 2 is 2.50 bits per heavy atom. The van der Waals surface area contributed by atoms with Crippen molar-refractivity contribution in [2.45, 2.75) is 18.4 Å². The predicted molar refractivity (Wildman–Crippen MR) is 68.9 cm³/mol. The summed E-state index contributed by atoms with van der Waals surface area (Å²) in [5.41, 5.74) is 0.813. The summed E-state index contributed by atoms with van der Waals surface area (Å²) >= 11 is 7.10. The van der Waals surface area contributed by atoms with Crippen LogP contribution >= 0.6 is 22.9 Å². The number of carbonyl (C=O) groups is 1. The summed E-state index contributed by atoms with van der Waals surface area (Å²) in [5.74, 6) is 0.324. The number of aromatic nitrogens is 1. The van der Waals surface area contributed by atoms with Crippen LogP contribution in [0.2, 0.25) is 0 Å². The van der Waals surface area contributed by atoms with Crippen LogP contribution in [0, 0.1) is 0 Å². The van der Waals surface area contributed by atoms with Crippen molar-refractivity contribution in [3.8, 4) is 0 Å². The van der Waals surface area contributed by atoms with E-state index < -0.39 is 0 Å². The van der Waals surface area contributed by atoms with Gasteiger partial charge in [-0.3, -0.25) is 4.79 Å². The van der Waals surface area contributed by atoms with Gasteiger partial charge in [0.2, 0.25) is 5.91 Å². The summed E-state index contributed by atoms with van der Waals surface area (Å²) in [6, 6.07) is 0. The minimum absolute atomic E-state index is 0.0441. The Labute approximate surface area is 114 Å². The Balaban J connectivity index is 1.71. The molecule has 0 spiro atoms. The Bertz CT molecular complexity index is 393. The summed E-state index contributed by atoms with van der Waals surface area (Å²) in [6.45, 7) is 2.23. The molecule has 18 heavy (non-hydrogen) atoms. The number of thiazole rings is 1. The average Bonchev–Trinajstić information content (AvgIpc) is 2.85. The van der Waals surface area contributed by atoms with Crippen LogP contribution in [-0.4, -0.2) is 43.4 Å². The first-order valence-electron chi connectivity index (χ1n) is 5.73. The Kier molecular flexibility index (Phi) is 5.37. The fraction of sp³-hybridized carbons (Fsp3) is 0.636. The molecule has 1 unspecified atom stereocenters. The highest BCUT2D eigenvalue weighted by atomic mass is 35.5. The number of hydrogen-bond acceptors (Lipinski definition) is 5. The maximum Gasteiger partial charge on any atom is 0.226 e. The van der Waals surface area contributed by atoms with E-state index in [-0.39, 0.29) is 18.4 Å². The maximum atomic E-state index is 11.7. The third kappa shape index (κ3) is 4.20. The maximum absolute atomic E-state index is 11.7. The van der Waals surface area contributed by atoms with E-state index in [9.17, 15) is 4.79 Å². The molecule has 1 aromatic rings.